The lowest BCUT2D eigenvalue weighted by Crippen LogP contribution is -2.32. The van der Waals surface area contributed by atoms with Crippen molar-refractivity contribution in [1.82, 2.24) is 9.88 Å². The monoisotopic (exact) mass is 319 g/mol. The topological polar surface area (TPSA) is 37.8 Å². The van der Waals surface area contributed by atoms with Gasteiger partial charge < -0.3 is 19.3 Å². The van der Waals surface area contributed by atoms with Gasteiger partial charge in [-0.25, -0.2) is 4.98 Å². The van der Waals surface area contributed by atoms with Gasteiger partial charge >= 0.3 is 0 Å². The normalized spacial score (nSPS) is 23.7. The van der Waals surface area contributed by atoms with Gasteiger partial charge in [0.15, 0.2) is 6.29 Å². The highest BCUT2D eigenvalue weighted by Gasteiger charge is 2.16. The van der Waals surface area contributed by atoms with Crippen LogP contribution in [0.25, 0.3) is 0 Å². The van der Waals surface area contributed by atoms with Crippen LogP contribution in [0.1, 0.15) is 32.1 Å². The number of ether oxygens (including phenoxy) is 2. The summed E-state index contributed by atoms with van der Waals surface area (Å²) >= 11 is 0. The van der Waals surface area contributed by atoms with E-state index in [1.165, 1.54) is 25.8 Å². The average Bonchev–Trinajstić information content (AvgIpc) is 2.86. The van der Waals surface area contributed by atoms with Crippen LogP contribution in [0.5, 0.6) is 0 Å². The van der Waals surface area contributed by atoms with Gasteiger partial charge in [-0.1, -0.05) is 6.07 Å². The fourth-order valence-electron chi connectivity index (χ4n) is 3.31. The Morgan fingerprint density at radius 1 is 1.13 bits per heavy atom. The smallest absolute Gasteiger partial charge is 0.157 e. The van der Waals surface area contributed by atoms with Crippen LogP contribution in [-0.4, -0.2) is 62.1 Å². The Kier molecular flexibility index (Phi) is 6.68. The molecule has 5 nitrogen and oxygen atoms in total. The Bertz CT molecular complexity index is 437. The summed E-state index contributed by atoms with van der Waals surface area (Å²) < 4.78 is 11.4. The van der Waals surface area contributed by atoms with Gasteiger partial charge in [0.2, 0.25) is 0 Å². The molecule has 0 bridgehead atoms. The maximum atomic E-state index is 5.83. The molecule has 1 aromatic heterocycles. The van der Waals surface area contributed by atoms with E-state index in [1.54, 1.807) is 0 Å². The minimum absolute atomic E-state index is 0.0486. The largest absolute Gasteiger partial charge is 0.355 e. The van der Waals surface area contributed by atoms with E-state index in [-0.39, 0.29) is 6.29 Å². The van der Waals surface area contributed by atoms with Crippen molar-refractivity contribution in [3.8, 4) is 0 Å². The molecule has 0 unspecified atom stereocenters. The molecule has 1 atom stereocenters. The second-order valence-electron chi connectivity index (χ2n) is 6.39. The summed E-state index contributed by atoms with van der Waals surface area (Å²) in [5.74, 6) is 1.10. The molecule has 3 rings (SSSR count). The van der Waals surface area contributed by atoms with Gasteiger partial charge in [0.1, 0.15) is 5.82 Å². The zero-order valence-corrected chi connectivity index (χ0v) is 14.0. The lowest BCUT2D eigenvalue weighted by atomic mass is 10.2. The van der Waals surface area contributed by atoms with Crippen LogP contribution in [0.3, 0.4) is 0 Å². The first-order valence-corrected chi connectivity index (χ1v) is 9.03. The molecule has 0 amide bonds. The summed E-state index contributed by atoms with van der Waals surface area (Å²) in [6.07, 6.45) is 7.69. The van der Waals surface area contributed by atoms with E-state index in [0.717, 1.165) is 58.1 Å². The molecule has 2 saturated heterocycles. The molecule has 0 N–H and O–H groups in total. The van der Waals surface area contributed by atoms with E-state index in [9.17, 15) is 0 Å². The van der Waals surface area contributed by atoms with Gasteiger partial charge in [0.05, 0.1) is 6.61 Å². The molecule has 23 heavy (non-hydrogen) atoms. The molecule has 0 radical (unpaired) electrons. The van der Waals surface area contributed by atoms with Crippen LogP contribution in [-0.2, 0) is 9.47 Å². The second kappa shape index (κ2) is 9.21. The van der Waals surface area contributed by atoms with Crippen LogP contribution in [0, 0.1) is 0 Å². The lowest BCUT2D eigenvalue weighted by molar-refractivity contribution is -0.163. The van der Waals surface area contributed by atoms with Crippen LogP contribution in [0.2, 0.25) is 0 Å². The lowest BCUT2D eigenvalue weighted by Gasteiger charge is -2.24. The number of aromatic nitrogens is 1. The van der Waals surface area contributed by atoms with Crippen molar-refractivity contribution in [2.24, 2.45) is 0 Å². The number of pyridine rings is 1. The minimum atomic E-state index is 0.0486. The van der Waals surface area contributed by atoms with Crippen LogP contribution in [0.4, 0.5) is 5.82 Å². The van der Waals surface area contributed by atoms with Crippen molar-refractivity contribution in [2.75, 3.05) is 50.8 Å². The first kappa shape index (κ1) is 16.7. The molecule has 2 aliphatic rings. The van der Waals surface area contributed by atoms with Crippen LogP contribution >= 0.6 is 0 Å². The van der Waals surface area contributed by atoms with Crippen molar-refractivity contribution < 1.29 is 9.47 Å². The first-order chi connectivity index (χ1) is 11.4. The maximum Gasteiger partial charge on any atom is 0.157 e. The Morgan fingerprint density at radius 2 is 2.13 bits per heavy atom. The molecule has 2 aliphatic heterocycles. The summed E-state index contributed by atoms with van der Waals surface area (Å²) in [4.78, 5) is 9.41. The quantitative estimate of drug-likeness (QED) is 0.753. The second-order valence-corrected chi connectivity index (χ2v) is 6.39. The van der Waals surface area contributed by atoms with Gasteiger partial charge in [0, 0.05) is 39.0 Å². The molecule has 2 fully saturated rings. The zero-order chi connectivity index (χ0) is 15.7. The van der Waals surface area contributed by atoms with Gasteiger partial charge in [-0.3, -0.25) is 0 Å². The molecule has 5 heteroatoms. The van der Waals surface area contributed by atoms with Crippen molar-refractivity contribution >= 4 is 5.82 Å². The third-order valence-corrected chi connectivity index (χ3v) is 4.62. The highest BCUT2D eigenvalue weighted by Crippen LogP contribution is 2.15. The van der Waals surface area contributed by atoms with E-state index < -0.39 is 0 Å². The fourth-order valence-corrected chi connectivity index (χ4v) is 3.31. The van der Waals surface area contributed by atoms with Crippen molar-refractivity contribution in [3.63, 3.8) is 0 Å². The Balaban J connectivity index is 1.33. The Hall–Kier alpha value is -1.17. The van der Waals surface area contributed by atoms with E-state index in [1.807, 2.05) is 12.3 Å². The Morgan fingerprint density at radius 3 is 2.96 bits per heavy atom. The third kappa shape index (κ3) is 5.44. The number of anilines is 1. The summed E-state index contributed by atoms with van der Waals surface area (Å²) in [6, 6.07) is 6.15. The fraction of sp³-hybridized carbons (Fsp3) is 0.722. The molecule has 128 valence electrons. The molecule has 0 aromatic carbocycles. The molecule has 0 saturated carbocycles. The molecular formula is C18H29N3O2. The summed E-state index contributed by atoms with van der Waals surface area (Å²) in [5.41, 5.74) is 0. The SMILES string of the molecule is c1ccc(N2CCCN(CCCO[C@@H]3CCCCO3)CC2)nc1. The third-order valence-electron chi connectivity index (χ3n) is 4.62. The van der Waals surface area contributed by atoms with Gasteiger partial charge in [0.25, 0.3) is 0 Å². The maximum absolute atomic E-state index is 5.83. The van der Waals surface area contributed by atoms with E-state index in [2.05, 4.69) is 26.9 Å². The molecule has 1 aromatic rings. The van der Waals surface area contributed by atoms with Gasteiger partial charge in [-0.05, 0) is 50.8 Å². The van der Waals surface area contributed by atoms with E-state index in [0.29, 0.717) is 0 Å². The van der Waals surface area contributed by atoms with E-state index in [4.69, 9.17) is 9.47 Å². The number of nitrogens with zero attached hydrogens (tertiary/aromatic N) is 3. The van der Waals surface area contributed by atoms with Crippen molar-refractivity contribution in [3.05, 3.63) is 24.4 Å². The molecule has 0 spiro atoms. The number of hydrogen-bond donors (Lipinski definition) is 0. The summed E-state index contributed by atoms with van der Waals surface area (Å²) in [6.45, 7) is 7.22. The molecular weight excluding hydrogens is 290 g/mol. The van der Waals surface area contributed by atoms with Gasteiger partial charge in [-0.15, -0.1) is 0 Å². The van der Waals surface area contributed by atoms with Crippen molar-refractivity contribution in [1.29, 1.82) is 0 Å². The highest BCUT2D eigenvalue weighted by molar-refractivity contribution is 5.37. The molecule has 3 heterocycles. The van der Waals surface area contributed by atoms with E-state index >= 15 is 0 Å². The highest BCUT2D eigenvalue weighted by atomic mass is 16.7. The van der Waals surface area contributed by atoms with Crippen molar-refractivity contribution in [2.45, 2.75) is 38.4 Å². The zero-order valence-electron chi connectivity index (χ0n) is 14.0. The predicted molar refractivity (Wildman–Crippen MR) is 91.7 cm³/mol. The summed E-state index contributed by atoms with van der Waals surface area (Å²) in [7, 11) is 0. The molecule has 0 aliphatic carbocycles. The average molecular weight is 319 g/mol. The Labute approximate surface area is 139 Å². The summed E-state index contributed by atoms with van der Waals surface area (Å²) in [5, 5.41) is 0. The van der Waals surface area contributed by atoms with Crippen LogP contribution < -0.4 is 4.90 Å². The van der Waals surface area contributed by atoms with Crippen LogP contribution in [0.15, 0.2) is 24.4 Å². The number of hydrogen-bond acceptors (Lipinski definition) is 5. The minimum Gasteiger partial charge on any atom is -0.355 e. The number of rotatable bonds is 6. The standard InChI is InChI=1S/C18H29N3O2/c1-3-9-19-17(7-1)21-12-5-10-20(13-14-21)11-6-16-23-18-8-2-4-15-22-18/h1,3,7,9,18H,2,4-6,8,10-16H2/t18-/m1/s1. The van der Waals surface area contributed by atoms with Gasteiger partial charge in [-0.2, -0.15) is 0 Å². The first-order valence-electron chi connectivity index (χ1n) is 9.03. The predicted octanol–water partition coefficient (Wildman–Crippen LogP) is 2.53.